The van der Waals surface area contributed by atoms with E-state index in [1.165, 1.54) is 0 Å². The number of thioether (sulfide) groups is 1. The monoisotopic (exact) mass is 278 g/mol. The fourth-order valence-corrected chi connectivity index (χ4v) is 1.65. The zero-order chi connectivity index (χ0) is 14.0. The number of urea groups is 1. The number of unbranched alkanes of at least 4 members (excludes halogenated alkanes) is 1. The molecule has 0 saturated heterocycles. The summed E-state index contributed by atoms with van der Waals surface area (Å²) in [5.41, 5.74) is 0. The average Bonchev–Trinajstić information content (AvgIpc) is 2.27. The van der Waals surface area contributed by atoms with Gasteiger partial charge in [-0.2, -0.15) is 11.8 Å². The van der Waals surface area contributed by atoms with Gasteiger partial charge in [-0.1, -0.05) is 0 Å². The number of carboxylic acids is 2. The van der Waals surface area contributed by atoms with Crippen LogP contribution in [0, 0.1) is 0 Å². The van der Waals surface area contributed by atoms with Crippen LogP contribution >= 0.6 is 11.8 Å². The molecule has 0 aliphatic carbocycles. The molecule has 0 fully saturated rings. The molecular weight excluding hydrogens is 260 g/mol. The normalized spacial score (nSPS) is 11.6. The fourth-order valence-electron chi connectivity index (χ4n) is 1.16. The third-order valence-corrected chi connectivity index (χ3v) is 2.74. The molecule has 2 amide bonds. The maximum absolute atomic E-state index is 11.3. The predicted molar refractivity (Wildman–Crippen MR) is 67.8 cm³/mol. The van der Waals surface area contributed by atoms with E-state index >= 15 is 0 Å². The van der Waals surface area contributed by atoms with Gasteiger partial charge in [-0.15, -0.1) is 0 Å². The molecule has 0 aromatic heterocycles. The first-order valence-corrected chi connectivity index (χ1v) is 6.84. The molecule has 1 unspecified atom stereocenters. The number of carbonyl (C=O) groups is 3. The van der Waals surface area contributed by atoms with Gasteiger partial charge in [-0.25, -0.2) is 9.59 Å². The molecule has 104 valence electrons. The first kappa shape index (κ1) is 16.6. The second kappa shape index (κ2) is 9.58. The molecule has 1 atom stereocenters. The zero-order valence-electron chi connectivity index (χ0n) is 10.1. The Morgan fingerprint density at radius 2 is 1.89 bits per heavy atom. The average molecular weight is 278 g/mol. The standard InChI is InChI=1S/C10H18N2O5S/c1-18-5-3-2-4-11-10(17)12-7(9(15)16)6-8(13)14/h7H,2-6H2,1H3,(H,13,14)(H,15,16)(H2,11,12,17). The van der Waals surface area contributed by atoms with Crippen molar-refractivity contribution in [3.05, 3.63) is 0 Å². The van der Waals surface area contributed by atoms with Crippen LogP contribution in [-0.4, -0.2) is 52.8 Å². The summed E-state index contributed by atoms with van der Waals surface area (Å²) in [6, 6.07) is -2.07. The maximum atomic E-state index is 11.3. The highest BCUT2D eigenvalue weighted by Crippen LogP contribution is 1.98. The van der Waals surface area contributed by atoms with Gasteiger partial charge in [0.05, 0.1) is 6.42 Å². The van der Waals surface area contributed by atoms with E-state index in [0.717, 1.165) is 18.6 Å². The lowest BCUT2D eigenvalue weighted by Crippen LogP contribution is -2.47. The van der Waals surface area contributed by atoms with Crippen molar-refractivity contribution in [3.8, 4) is 0 Å². The number of aliphatic carboxylic acids is 2. The van der Waals surface area contributed by atoms with E-state index in [0.29, 0.717) is 6.54 Å². The summed E-state index contributed by atoms with van der Waals surface area (Å²) in [5.74, 6) is -1.64. The van der Waals surface area contributed by atoms with Gasteiger partial charge in [0.1, 0.15) is 6.04 Å². The Bertz CT molecular complexity index is 298. The number of hydrogen-bond donors (Lipinski definition) is 4. The molecule has 0 aliphatic heterocycles. The van der Waals surface area contributed by atoms with E-state index in [1.54, 1.807) is 11.8 Å². The summed E-state index contributed by atoms with van der Waals surface area (Å²) in [4.78, 5) is 32.4. The Labute approximate surface area is 109 Å². The Kier molecular flexibility index (Phi) is 8.81. The molecule has 0 aliphatic rings. The molecule has 0 aromatic carbocycles. The molecule has 0 spiro atoms. The minimum Gasteiger partial charge on any atom is -0.481 e. The van der Waals surface area contributed by atoms with Crippen molar-refractivity contribution in [1.29, 1.82) is 0 Å². The summed E-state index contributed by atoms with van der Waals surface area (Å²) in [6.45, 7) is 0.436. The quantitative estimate of drug-likeness (QED) is 0.452. The summed E-state index contributed by atoms with van der Waals surface area (Å²) < 4.78 is 0. The number of rotatable bonds is 9. The highest BCUT2D eigenvalue weighted by molar-refractivity contribution is 7.98. The van der Waals surface area contributed by atoms with Crippen molar-refractivity contribution in [2.75, 3.05) is 18.6 Å². The first-order valence-electron chi connectivity index (χ1n) is 5.45. The number of amides is 2. The van der Waals surface area contributed by atoms with Crippen LogP contribution in [0.15, 0.2) is 0 Å². The Hall–Kier alpha value is -1.44. The molecule has 0 aromatic rings. The van der Waals surface area contributed by atoms with Gasteiger partial charge in [0.2, 0.25) is 0 Å². The maximum Gasteiger partial charge on any atom is 0.326 e. The SMILES string of the molecule is CSCCCCNC(=O)NC(CC(=O)O)C(=O)O. The lowest BCUT2D eigenvalue weighted by atomic mass is 10.2. The predicted octanol–water partition coefficient (Wildman–Crippen LogP) is 0.357. The second-order valence-corrected chi connectivity index (χ2v) is 4.57. The van der Waals surface area contributed by atoms with Gasteiger partial charge in [0.25, 0.3) is 0 Å². The van der Waals surface area contributed by atoms with Crippen LogP contribution in [0.5, 0.6) is 0 Å². The van der Waals surface area contributed by atoms with Crippen LogP contribution in [0.3, 0.4) is 0 Å². The van der Waals surface area contributed by atoms with Gasteiger partial charge >= 0.3 is 18.0 Å². The summed E-state index contributed by atoms with van der Waals surface area (Å²) in [6.07, 6.45) is 3.10. The van der Waals surface area contributed by atoms with Gasteiger partial charge in [-0.05, 0) is 24.9 Å². The van der Waals surface area contributed by atoms with E-state index in [-0.39, 0.29) is 0 Å². The highest BCUT2D eigenvalue weighted by Gasteiger charge is 2.22. The van der Waals surface area contributed by atoms with Crippen molar-refractivity contribution in [1.82, 2.24) is 10.6 Å². The number of carbonyl (C=O) groups excluding carboxylic acids is 1. The molecule has 0 radical (unpaired) electrons. The van der Waals surface area contributed by atoms with Crippen molar-refractivity contribution in [2.24, 2.45) is 0 Å². The molecule has 18 heavy (non-hydrogen) atoms. The summed E-state index contributed by atoms with van der Waals surface area (Å²) >= 11 is 1.71. The van der Waals surface area contributed by atoms with E-state index < -0.39 is 30.4 Å². The van der Waals surface area contributed by atoms with E-state index in [9.17, 15) is 14.4 Å². The molecule has 0 bridgehead atoms. The molecule has 8 heteroatoms. The van der Waals surface area contributed by atoms with Crippen molar-refractivity contribution in [3.63, 3.8) is 0 Å². The van der Waals surface area contributed by atoms with Crippen molar-refractivity contribution in [2.45, 2.75) is 25.3 Å². The van der Waals surface area contributed by atoms with E-state index in [2.05, 4.69) is 10.6 Å². The van der Waals surface area contributed by atoms with Crippen LogP contribution in [0.25, 0.3) is 0 Å². The van der Waals surface area contributed by atoms with Crippen molar-refractivity contribution < 1.29 is 24.6 Å². The van der Waals surface area contributed by atoms with Crippen LogP contribution < -0.4 is 10.6 Å². The summed E-state index contributed by atoms with van der Waals surface area (Å²) in [5, 5.41) is 21.8. The Balaban J connectivity index is 3.88. The smallest absolute Gasteiger partial charge is 0.326 e. The second-order valence-electron chi connectivity index (χ2n) is 3.59. The highest BCUT2D eigenvalue weighted by atomic mass is 32.2. The Morgan fingerprint density at radius 1 is 1.22 bits per heavy atom. The fraction of sp³-hybridized carbons (Fsp3) is 0.700. The number of nitrogens with one attached hydrogen (secondary N) is 2. The topological polar surface area (TPSA) is 116 Å². The van der Waals surface area contributed by atoms with Gasteiger partial charge < -0.3 is 20.8 Å². The lowest BCUT2D eigenvalue weighted by Gasteiger charge is -2.13. The van der Waals surface area contributed by atoms with Crippen LogP contribution in [0.1, 0.15) is 19.3 Å². The van der Waals surface area contributed by atoms with Crippen LogP contribution in [0.4, 0.5) is 4.79 Å². The number of carboxylic acid groups (broad SMARTS) is 2. The third kappa shape index (κ3) is 8.68. The third-order valence-electron chi connectivity index (χ3n) is 2.04. The number of hydrogen-bond acceptors (Lipinski definition) is 4. The lowest BCUT2D eigenvalue weighted by molar-refractivity contribution is -0.145. The van der Waals surface area contributed by atoms with Crippen LogP contribution in [-0.2, 0) is 9.59 Å². The molecule has 4 N–H and O–H groups in total. The van der Waals surface area contributed by atoms with Crippen molar-refractivity contribution >= 4 is 29.7 Å². The molecule has 0 heterocycles. The largest absolute Gasteiger partial charge is 0.481 e. The van der Waals surface area contributed by atoms with E-state index in [4.69, 9.17) is 10.2 Å². The molecule has 0 rings (SSSR count). The van der Waals surface area contributed by atoms with Crippen LogP contribution in [0.2, 0.25) is 0 Å². The molecule has 7 nitrogen and oxygen atoms in total. The van der Waals surface area contributed by atoms with Gasteiger partial charge in [-0.3, -0.25) is 4.79 Å². The minimum absolute atomic E-state index is 0.436. The van der Waals surface area contributed by atoms with Gasteiger partial charge in [0.15, 0.2) is 0 Å². The summed E-state index contributed by atoms with van der Waals surface area (Å²) in [7, 11) is 0. The van der Waals surface area contributed by atoms with Gasteiger partial charge in [0, 0.05) is 6.54 Å². The molecular formula is C10H18N2O5S. The van der Waals surface area contributed by atoms with E-state index in [1.807, 2.05) is 6.26 Å². The Morgan fingerprint density at radius 3 is 2.39 bits per heavy atom. The first-order chi connectivity index (χ1) is 8.47. The zero-order valence-corrected chi connectivity index (χ0v) is 11.0. The molecule has 0 saturated carbocycles. The minimum atomic E-state index is -1.41.